The van der Waals surface area contributed by atoms with Crippen molar-refractivity contribution in [1.82, 2.24) is 14.9 Å². The van der Waals surface area contributed by atoms with Crippen molar-refractivity contribution >= 4 is 23.7 Å². The third kappa shape index (κ3) is 4.87. The van der Waals surface area contributed by atoms with E-state index in [1.165, 1.54) is 19.3 Å². The third-order valence-electron chi connectivity index (χ3n) is 4.16. The number of anilines is 1. The van der Waals surface area contributed by atoms with E-state index in [0.717, 1.165) is 18.5 Å². The summed E-state index contributed by atoms with van der Waals surface area (Å²) >= 11 is 0. The number of nitrogens with zero attached hydrogens (tertiary/aromatic N) is 3. The van der Waals surface area contributed by atoms with Crippen LogP contribution in [-0.4, -0.2) is 45.3 Å². The Morgan fingerprint density at radius 1 is 1.26 bits per heavy atom. The number of benzene rings is 1. The molecule has 140 valence electrons. The molecule has 1 atom stereocenters. The number of carbonyl (C=O) groups is 3. The molecule has 27 heavy (non-hydrogen) atoms. The number of likely N-dealkylation sites (tertiary alicyclic amines) is 1. The second-order valence-electron chi connectivity index (χ2n) is 6.23. The van der Waals surface area contributed by atoms with Gasteiger partial charge in [0.25, 0.3) is 5.91 Å². The standard InChI is InChI=1S/C19H20N4O4/c1-13(17(25)22-19-20-8-4-9-21-19)27-18(26)15-6-2-5-14(11-15)12-23-10-3-7-16(23)24/h2,4-6,8-9,11,13H,3,7,10,12H2,1H3,(H,20,21,22,25). The number of nitrogens with one attached hydrogen (secondary N) is 1. The predicted octanol–water partition coefficient (Wildman–Crippen LogP) is 1.78. The molecular formula is C19H20N4O4. The van der Waals surface area contributed by atoms with Crippen LogP contribution in [0.2, 0.25) is 0 Å². The molecular weight excluding hydrogens is 348 g/mol. The van der Waals surface area contributed by atoms with Crippen LogP contribution in [0.25, 0.3) is 0 Å². The van der Waals surface area contributed by atoms with Gasteiger partial charge in [-0.05, 0) is 37.1 Å². The molecule has 1 aliphatic rings. The van der Waals surface area contributed by atoms with Gasteiger partial charge in [-0.1, -0.05) is 12.1 Å². The molecule has 0 bridgehead atoms. The van der Waals surface area contributed by atoms with E-state index in [4.69, 9.17) is 4.74 Å². The van der Waals surface area contributed by atoms with Crippen LogP contribution in [-0.2, 0) is 20.9 Å². The van der Waals surface area contributed by atoms with Gasteiger partial charge in [-0.15, -0.1) is 0 Å². The molecule has 8 heteroatoms. The van der Waals surface area contributed by atoms with Gasteiger partial charge in [0.15, 0.2) is 6.10 Å². The largest absolute Gasteiger partial charge is 0.449 e. The number of hydrogen-bond donors (Lipinski definition) is 1. The first-order valence-corrected chi connectivity index (χ1v) is 8.68. The minimum Gasteiger partial charge on any atom is -0.449 e. The first-order valence-electron chi connectivity index (χ1n) is 8.68. The molecule has 1 aromatic carbocycles. The third-order valence-corrected chi connectivity index (χ3v) is 4.16. The van der Waals surface area contributed by atoms with Crippen LogP contribution >= 0.6 is 0 Å². The second kappa shape index (κ2) is 8.39. The molecule has 1 fully saturated rings. The number of esters is 1. The number of carbonyl (C=O) groups excluding carboxylic acids is 3. The fraction of sp³-hybridized carbons (Fsp3) is 0.316. The Bertz CT molecular complexity index is 841. The Labute approximate surface area is 156 Å². The van der Waals surface area contributed by atoms with Crippen molar-refractivity contribution < 1.29 is 19.1 Å². The Morgan fingerprint density at radius 2 is 2.04 bits per heavy atom. The lowest BCUT2D eigenvalue weighted by Gasteiger charge is -2.16. The van der Waals surface area contributed by atoms with Gasteiger partial charge in [0.1, 0.15) is 0 Å². The molecule has 1 unspecified atom stereocenters. The number of hydrogen-bond acceptors (Lipinski definition) is 6. The second-order valence-corrected chi connectivity index (χ2v) is 6.23. The fourth-order valence-corrected chi connectivity index (χ4v) is 2.75. The van der Waals surface area contributed by atoms with Gasteiger partial charge >= 0.3 is 5.97 Å². The summed E-state index contributed by atoms with van der Waals surface area (Å²) in [4.78, 5) is 45.7. The molecule has 8 nitrogen and oxygen atoms in total. The summed E-state index contributed by atoms with van der Waals surface area (Å²) in [7, 11) is 0. The van der Waals surface area contributed by atoms with Crippen LogP contribution in [0.5, 0.6) is 0 Å². The van der Waals surface area contributed by atoms with E-state index in [1.54, 1.807) is 29.2 Å². The van der Waals surface area contributed by atoms with Crippen LogP contribution < -0.4 is 5.32 Å². The zero-order chi connectivity index (χ0) is 19.2. The molecule has 2 aromatic rings. The van der Waals surface area contributed by atoms with Gasteiger partial charge in [-0.2, -0.15) is 0 Å². The molecule has 1 saturated heterocycles. The molecule has 0 saturated carbocycles. The van der Waals surface area contributed by atoms with Crippen molar-refractivity contribution in [2.75, 3.05) is 11.9 Å². The normalized spacial score (nSPS) is 14.7. The average Bonchev–Trinajstić information content (AvgIpc) is 3.07. The Morgan fingerprint density at radius 3 is 2.74 bits per heavy atom. The highest BCUT2D eigenvalue weighted by Gasteiger charge is 2.22. The molecule has 2 amide bonds. The lowest BCUT2D eigenvalue weighted by Crippen LogP contribution is -2.30. The highest BCUT2D eigenvalue weighted by molar-refractivity contribution is 5.96. The van der Waals surface area contributed by atoms with Gasteiger partial charge in [0.05, 0.1) is 5.56 Å². The summed E-state index contributed by atoms with van der Waals surface area (Å²) in [6, 6.07) is 8.50. The zero-order valence-corrected chi connectivity index (χ0v) is 14.9. The van der Waals surface area contributed by atoms with Gasteiger partial charge in [0, 0.05) is 31.9 Å². The van der Waals surface area contributed by atoms with Crippen LogP contribution in [0.15, 0.2) is 42.7 Å². The number of rotatable bonds is 6. The summed E-state index contributed by atoms with van der Waals surface area (Å²) in [5.41, 5.74) is 1.17. The topological polar surface area (TPSA) is 101 Å². The molecule has 2 heterocycles. The maximum Gasteiger partial charge on any atom is 0.338 e. The van der Waals surface area contributed by atoms with E-state index in [-0.39, 0.29) is 11.9 Å². The van der Waals surface area contributed by atoms with Crippen molar-refractivity contribution in [3.8, 4) is 0 Å². The first-order chi connectivity index (χ1) is 13.0. The van der Waals surface area contributed by atoms with Gasteiger partial charge < -0.3 is 9.64 Å². The zero-order valence-electron chi connectivity index (χ0n) is 14.9. The van der Waals surface area contributed by atoms with Crippen LogP contribution in [0.3, 0.4) is 0 Å². The molecule has 1 aromatic heterocycles. The molecule has 1 N–H and O–H groups in total. The van der Waals surface area contributed by atoms with Crippen LogP contribution in [0.1, 0.15) is 35.7 Å². The Balaban J connectivity index is 1.59. The minimum absolute atomic E-state index is 0.122. The molecule has 0 radical (unpaired) electrons. The van der Waals surface area contributed by atoms with E-state index >= 15 is 0 Å². The Kier molecular flexibility index (Phi) is 5.75. The van der Waals surface area contributed by atoms with Gasteiger partial charge in [-0.3, -0.25) is 14.9 Å². The highest BCUT2D eigenvalue weighted by Crippen LogP contribution is 2.16. The van der Waals surface area contributed by atoms with E-state index in [9.17, 15) is 14.4 Å². The Hall–Kier alpha value is -3.29. The quantitative estimate of drug-likeness (QED) is 0.780. The van der Waals surface area contributed by atoms with Crippen molar-refractivity contribution in [2.45, 2.75) is 32.4 Å². The van der Waals surface area contributed by atoms with E-state index in [2.05, 4.69) is 15.3 Å². The highest BCUT2D eigenvalue weighted by atomic mass is 16.5. The molecule has 3 rings (SSSR count). The maximum atomic E-state index is 12.4. The summed E-state index contributed by atoms with van der Waals surface area (Å²) < 4.78 is 5.23. The lowest BCUT2D eigenvalue weighted by molar-refractivity contribution is -0.128. The van der Waals surface area contributed by atoms with Gasteiger partial charge in [-0.25, -0.2) is 14.8 Å². The van der Waals surface area contributed by atoms with E-state index < -0.39 is 18.0 Å². The molecule has 1 aliphatic heterocycles. The number of aromatic nitrogens is 2. The molecule has 0 spiro atoms. The van der Waals surface area contributed by atoms with Crippen molar-refractivity contribution in [3.05, 3.63) is 53.9 Å². The van der Waals surface area contributed by atoms with Gasteiger partial charge in [0.2, 0.25) is 11.9 Å². The number of amides is 2. The summed E-state index contributed by atoms with van der Waals surface area (Å²) in [5.74, 6) is -0.867. The first kappa shape index (κ1) is 18.5. The minimum atomic E-state index is -1.01. The number of ether oxygens (including phenoxy) is 1. The van der Waals surface area contributed by atoms with Crippen LogP contribution in [0.4, 0.5) is 5.95 Å². The molecule has 0 aliphatic carbocycles. The average molecular weight is 368 g/mol. The van der Waals surface area contributed by atoms with Crippen molar-refractivity contribution in [3.63, 3.8) is 0 Å². The summed E-state index contributed by atoms with van der Waals surface area (Å²) in [6.45, 7) is 2.66. The summed E-state index contributed by atoms with van der Waals surface area (Å²) in [5, 5.41) is 2.48. The monoisotopic (exact) mass is 368 g/mol. The lowest BCUT2D eigenvalue weighted by atomic mass is 10.1. The maximum absolute atomic E-state index is 12.4. The summed E-state index contributed by atoms with van der Waals surface area (Å²) in [6.07, 6.45) is 3.41. The predicted molar refractivity (Wildman–Crippen MR) is 96.6 cm³/mol. The van der Waals surface area contributed by atoms with Crippen molar-refractivity contribution in [1.29, 1.82) is 0 Å². The van der Waals surface area contributed by atoms with E-state index in [1.807, 2.05) is 6.07 Å². The van der Waals surface area contributed by atoms with E-state index in [0.29, 0.717) is 18.5 Å². The van der Waals surface area contributed by atoms with Crippen LogP contribution in [0, 0.1) is 0 Å². The SMILES string of the molecule is CC(OC(=O)c1cccc(CN2CCCC2=O)c1)C(=O)Nc1ncccn1. The smallest absolute Gasteiger partial charge is 0.338 e. The fourth-order valence-electron chi connectivity index (χ4n) is 2.75. The van der Waals surface area contributed by atoms with Crippen molar-refractivity contribution in [2.24, 2.45) is 0 Å².